The predicted octanol–water partition coefficient (Wildman–Crippen LogP) is 11.9. The Hall–Kier alpha value is -6.59. The van der Waals surface area contributed by atoms with E-state index in [2.05, 4.69) is 127 Å². The van der Waals surface area contributed by atoms with Crippen LogP contribution in [-0.2, 0) is 0 Å². The molecule has 0 radical (unpaired) electrons. The number of nitrogens with zero attached hydrogens (tertiary/aromatic N) is 5. The molecule has 0 bridgehead atoms. The molecule has 8 rings (SSSR count). The smallest absolute Gasteiger partial charge is 0.160 e. The minimum atomic E-state index is 0.660. The third-order valence-electron chi connectivity index (χ3n) is 9.20. The van der Waals surface area contributed by atoms with Gasteiger partial charge in [-0.1, -0.05) is 121 Å². The van der Waals surface area contributed by atoms with E-state index in [1.54, 1.807) is 0 Å². The van der Waals surface area contributed by atoms with E-state index in [4.69, 9.17) is 19.9 Å². The molecule has 5 heteroatoms. The van der Waals surface area contributed by atoms with E-state index in [9.17, 15) is 0 Å². The van der Waals surface area contributed by atoms with Gasteiger partial charge in [0.2, 0.25) is 0 Å². The van der Waals surface area contributed by atoms with Gasteiger partial charge in [-0.2, -0.15) is 0 Å². The molecule has 0 fully saturated rings. The highest BCUT2D eigenvalue weighted by atomic mass is 14.9. The number of fused-ring (bicyclic) bond motifs is 3. The number of aromatic nitrogens is 4. The summed E-state index contributed by atoms with van der Waals surface area (Å²) in [6.45, 7) is 9.95. The van der Waals surface area contributed by atoms with Gasteiger partial charge in [-0.3, -0.25) is 15.0 Å². The number of rotatable bonds is 7. The molecule has 3 aromatic heterocycles. The van der Waals surface area contributed by atoms with E-state index in [0.717, 1.165) is 94.8 Å². The lowest BCUT2D eigenvalue weighted by Gasteiger charge is -2.13. The van der Waals surface area contributed by atoms with Crippen molar-refractivity contribution in [3.05, 3.63) is 156 Å². The molecular formula is C46H35N5. The standard InChI is InChI=1S/C46H35N5/c1-5-11-33-14-10-17-38(43(33)47-4)36-15-9-16-37(27-36)42-28-41(32-12-7-6-8-13-32)50-46(51-42)35-22-20-31(21-23-35)40-26-30(3)49-45-39(40)25-24-34-19-18-29(2)48-44(34)45/h5-28H,4H2,1-3H3/b11-5-. The number of aliphatic imine (C=N–C) groups is 1. The first-order valence-corrected chi connectivity index (χ1v) is 17.1. The van der Waals surface area contributed by atoms with Crippen molar-refractivity contribution in [2.75, 3.05) is 0 Å². The molecule has 0 saturated heterocycles. The summed E-state index contributed by atoms with van der Waals surface area (Å²) in [4.78, 5) is 24.4. The van der Waals surface area contributed by atoms with E-state index >= 15 is 0 Å². The molecule has 0 aliphatic rings. The molecule has 0 aliphatic heterocycles. The number of pyridine rings is 2. The molecule has 0 saturated carbocycles. The summed E-state index contributed by atoms with van der Waals surface area (Å²) in [5.74, 6) is 0.660. The van der Waals surface area contributed by atoms with Crippen molar-refractivity contribution in [1.82, 2.24) is 19.9 Å². The maximum absolute atomic E-state index is 5.16. The van der Waals surface area contributed by atoms with Crippen molar-refractivity contribution in [2.24, 2.45) is 4.99 Å². The Morgan fingerprint density at radius 3 is 2.00 bits per heavy atom. The molecular weight excluding hydrogens is 623 g/mol. The largest absolute Gasteiger partial charge is 0.263 e. The molecule has 5 aromatic carbocycles. The predicted molar refractivity (Wildman–Crippen MR) is 213 cm³/mol. The van der Waals surface area contributed by atoms with Crippen molar-refractivity contribution in [2.45, 2.75) is 20.8 Å². The maximum Gasteiger partial charge on any atom is 0.160 e. The minimum Gasteiger partial charge on any atom is -0.263 e. The van der Waals surface area contributed by atoms with Gasteiger partial charge in [0.05, 0.1) is 28.1 Å². The van der Waals surface area contributed by atoms with Crippen LogP contribution in [0.3, 0.4) is 0 Å². The van der Waals surface area contributed by atoms with Gasteiger partial charge < -0.3 is 0 Å². The maximum atomic E-state index is 5.16. The Morgan fingerprint density at radius 1 is 0.529 bits per heavy atom. The molecule has 244 valence electrons. The average Bonchev–Trinajstić information content (AvgIpc) is 3.18. The topological polar surface area (TPSA) is 63.9 Å². The third-order valence-corrected chi connectivity index (χ3v) is 9.20. The number of hydrogen-bond donors (Lipinski definition) is 0. The molecule has 3 heterocycles. The molecule has 8 aromatic rings. The fourth-order valence-corrected chi connectivity index (χ4v) is 6.75. The normalized spacial score (nSPS) is 11.4. The number of allylic oxidation sites excluding steroid dienone is 1. The Balaban J connectivity index is 1.23. The lowest BCUT2D eigenvalue weighted by Crippen LogP contribution is -1.96. The second kappa shape index (κ2) is 13.4. The molecule has 0 aliphatic carbocycles. The lowest BCUT2D eigenvalue weighted by molar-refractivity contribution is 1.18. The number of para-hydroxylation sites is 1. The average molecular weight is 658 g/mol. The van der Waals surface area contributed by atoms with Gasteiger partial charge in [0, 0.05) is 50.0 Å². The molecule has 0 N–H and O–H groups in total. The van der Waals surface area contributed by atoms with Gasteiger partial charge >= 0.3 is 0 Å². The van der Waals surface area contributed by atoms with Crippen molar-refractivity contribution >= 4 is 40.3 Å². The monoisotopic (exact) mass is 657 g/mol. The second-order valence-electron chi connectivity index (χ2n) is 12.7. The van der Waals surface area contributed by atoms with E-state index in [-0.39, 0.29) is 0 Å². The molecule has 0 amide bonds. The Labute approximate surface area is 297 Å². The minimum absolute atomic E-state index is 0.660. The van der Waals surface area contributed by atoms with Crippen LogP contribution < -0.4 is 0 Å². The summed E-state index contributed by atoms with van der Waals surface area (Å²) in [5.41, 5.74) is 14.6. The van der Waals surface area contributed by atoms with E-state index < -0.39 is 0 Å². The summed E-state index contributed by atoms with van der Waals surface area (Å²) < 4.78 is 0. The summed E-state index contributed by atoms with van der Waals surface area (Å²) >= 11 is 0. The highest BCUT2D eigenvalue weighted by Gasteiger charge is 2.15. The van der Waals surface area contributed by atoms with Crippen LogP contribution in [0.5, 0.6) is 0 Å². The Morgan fingerprint density at radius 2 is 1.22 bits per heavy atom. The van der Waals surface area contributed by atoms with Crippen LogP contribution in [0.2, 0.25) is 0 Å². The molecule has 5 nitrogen and oxygen atoms in total. The number of hydrogen-bond acceptors (Lipinski definition) is 5. The summed E-state index contributed by atoms with van der Waals surface area (Å²) in [6, 6.07) is 46.1. The van der Waals surface area contributed by atoms with Gasteiger partial charge in [0.25, 0.3) is 0 Å². The van der Waals surface area contributed by atoms with E-state index in [1.165, 1.54) is 0 Å². The van der Waals surface area contributed by atoms with Gasteiger partial charge in [-0.15, -0.1) is 0 Å². The molecule has 0 unspecified atom stereocenters. The summed E-state index contributed by atoms with van der Waals surface area (Å²) in [6.07, 6.45) is 4.08. The third kappa shape index (κ3) is 6.11. The number of aryl methyl sites for hydroxylation is 2. The molecule has 0 spiro atoms. The van der Waals surface area contributed by atoms with Crippen LogP contribution in [0, 0.1) is 13.8 Å². The van der Waals surface area contributed by atoms with Crippen LogP contribution in [0.25, 0.3) is 84.0 Å². The van der Waals surface area contributed by atoms with Crippen molar-refractivity contribution in [3.63, 3.8) is 0 Å². The van der Waals surface area contributed by atoms with Crippen LogP contribution >= 0.6 is 0 Å². The van der Waals surface area contributed by atoms with Crippen LogP contribution in [0.4, 0.5) is 5.69 Å². The first kappa shape index (κ1) is 31.7. The molecule has 51 heavy (non-hydrogen) atoms. The quantitative estimate of drug-likeness (QED) is 0.126. The Kier molecular flexibility index (Phi) is 8.30. The van der Waals surface area contributed by atoms with Gasteiger partial charge in [-0.25, -0.2) is 9.97 Å². The first-order valence-electron chi connectivity index (χ1n) is 17.1. The SMILES string of the molecule is C=Nc1c(/C=C\C)cccc1-c1cccc(-c2cc(-c3ccccc3)nc(-c3ccc(-c4cc(C)nc5c4ccc4ccc(C)nc45)cc3)n2)c1. The van der Waals surface area contributed by atoms with Crippen LogP contribution in [0.15, 0.2) is 145 Å². The second-order valence-corrected chi connectivity index (χ2v) is 12.7. The van der Waals surface area contributed by atoms with Crippen molar-refractivity contribution in [3.8, 4) is 56.2 Å². The highest BCUT2D eigenvalue weighted by Crippen LogP contribution is 2.37. The van der Waals surface area contributed by atoms with E-state index in [1.807, 2.05) is 51.1 Å². The van der Waals surface area contributed by atoms with Crippen molar-refractivity contribution in [1.29, 1.82) is 0 Å². The first-order chi connectivity index (χ1) is 25.0. The van der Waals surface area contributed by atoms with Gasteiger partial charge in [0.1, 0.15) is 0 Å². The van der Waals surface area contributed by atoms with Crippen LogP contribution in [-0.4, -0.2) is 26.7 Å². The van der Waals surface area contributed by atoms with Crippen molar-refractivity contribution < 1.29 is 0 Å². The zero-order chi connectivity index (χ0) is 34.9. The lowest BCUT2D eigenvalue weighted by atomic mass is 9.97. The zero-order valence-corrected chi connectivity index (χ0v) is 28.8. The van der Waals surface area contributed by atoms with Gasteiger partial charge in [0.15, 0.2) is 5.82 Å². The van der Waals surface area contributed by atoms with Gasteiger partial charge in [-0.05, 0) is 68.4 Å². The van der Waals surface area contributed by atoms with E-state index in [0.29, 0.717) is 5.82 Å². The summed E-state index contributed by atoms with van der Waals surface area (Å²) in [7, 11) is 0. The Bertz CT molecular complexity index is 2620. The molecule has 0 atom stereocenters. The summed E-state index contributed by atoms with van der Waals surface area (Å²) in [5, 5.41) is 2.17. The zero-order valence-electron chi connectivity index (χ0n) is 28.8. The highest BCUT2D eigenvalue weighted by molar-refractivity contribution is 6.08. The fourth-order valence-electron chi connectivity index (χ4n) is 6.75. The van der Waals surface area contributed by atoms with Crippen LogP contribution in [0.1, 0.15) is 23.9 Å². The fraction of sp³-hybridized carbons (Fsp3) is 0.0652. The number of benzene rings is 5.